The van der Waals surface area contributed by atoms with Crippen LogP contribution in [0.4, 0.5) is 0 Å². The molecule has 0 aromatic heterocycles. The number of hydrogen-bond acceptors (Lipinski definition) is 3. The van der Waals surface area contributed by atoms with Crippen LogP contribution in [0.15, 0.2) is 28.7 Å². The van der Waals surface area contributed by atoms with E-state index in [1.807, 2.05) is 0 Å². The van der Waals surface area contributed by atoms with E-state index in [4.69, 9.17) is 10.5 Å². The van der Waals surface area contributed by atoms with Gasteiger partial charge in [-0.1, -0.05) is 28.1 Å². The number of benzene rings is 1. The van der Waals surface area contributed by atoms with Crippen molar-refractivity contribution in [2.45, 2.75) is 37.9 Å². The first-order valence-electron chi connectivity index (χ1n) is 6.89. The Kier molecular flexibility index (Phi) is 5.39. The summed E-state index contributed by atoms with van der Waals surface area (Å²) in [5.74, 6) is 0. The lowest BCUT2D eigenvalue weighted by molar-refractivity contribution is 0.104. The molecule has 1 aliphatic carbocycles. The molecule has 2 atom stereocenters. The van der Waals surface area contributed by atoms with Gasteiger partial charge in [-0.05, 0) is 37.5 Å². The normalized spacial score (nSPS) is 18.6. The number of hydrogen-bond donors (Lipinski definition) is 1. The van der Waals surface area contributed by atoms with Gasteiger partial charge in [-0.2, -0.15) is 0 Å². The van der Waals surface area contributed by atoms with Crippen LogP contribution in [-0.2, 0) is 4.74 Å². The third kappa shape index (κ3) is 4.02. The maximum atomic E-state index is 6.25. The quantitative estimate of drug-likeness (QED) is 0.837. The molecule has 0 heterocycles. The van der Waals surface area contributed by atoms with Crippen molar-refractivity contribution in [3.05, 3.63) is 34.3 Å². The molecule has 0 aliphatic heterocycles. The lowest BCUT2D eigenvalue weighted by Gasteiger charge is -2.34. The number of nitrogens with zero attached hydrogens (tertiary/aromatic N) is 1. The molecule has 0 saturated heterocycles. The summed E-state index contributed by atoms with van der Waals surface area (Å²) in [6.07, 6.45) is 2.56. The van der Waals surface area contributed by atoms with E-state index in [-0.39, 0.29) is 12.1 Å². The monoisotopic (exact) mass is 326 g/mol. The van der Waals surface area contributed by atoms with Gasteiger partial charge in [0.1, 0.15) is 0 Å². The van der Waals surface area contributed by atoms with E-state index >= 15 is 0 Å². The Morgan fingerprint density at radius 3 is 2.47 bits per heavy atom. The van der Waals surface area contributed by atoms with Crippen LogP contribution in [0.3, 0.4) is 0 Å². The number of methoxy groups -OCH3 is 1. The van der Waals surface area contributed by atoms with E-state index < -0.39 is 0 Å². The number of halogens is 1. The first kappa shape index (κ1) is 15.0. The molecular weight excluding hydrogens is 304 g/mol. The van der Waals surface area contributed by atoms with Crippen LogP contribution in [0.5, 0.6) is 0 Å². The second-order valence-corrected chi connectivity index (χ2v) is 6.23. The van der Waals surface area contributed by atoms with Crippen molar-refractivity contribution in [2.24, 2.45) is 5.73 Å². The predicted molar refractivity (Wildman–Crippen MR) is 82.1 cm³/mol. The molecule has 0 amide bonds. The fourth-order valence-electron chi connectivity index (χ4n) is 2.61. The highest BCUT2D eigenvalue weighted by molar-refractivity contribution is 9.10. The fourth-order valence-corrected chi connectivity index (χ4v) is 2.87. The van der Waals surface area contributed by atoms with Crippen LogP contribution in [-0.4, -0.2) is 37.2 Å². The Hall–Kier alpha value is -0.420. The van der Waals surface area contributed by atoms with Gasteiger partial charge >= 0.3 is 0 Å². The number of rotatable bonds is 7. The molecule has 2 N–H and O–H groups in total. The van der Waals surface area contributed by atoms with Gasteiger partial charge in [0.2, 0.25) is 0 Å². The van der Waals surface area contributed by atoms with E-state index in [9.17, 15) is 0 Å². The molecule has 4 heteroatoms. The zero-order valence-corrected chi connectivity index (χ0v) is 13.3. The summed E-state index contributed by atoms with van der Waals surface area (Å²) in [5, 5.41) is 0. The Labute approximate surface area is 124 Å². The van der Waals surface area contributed by atoms with Crippen molar-refractivity contribution in [1.82, 2.24) is 4.90 Å². The standard InChI is InChI=1S/C15H23BrN2O/c1-11(17)15(12-3-5-13(16)6-4-12)18(9-10-19-2)14-7-8-14/h3-6,11,14-15H,7-10,17H2,1-2H3. The lowest BCUT2D eigenvalue weighted by atomic mass is 9.99. The molecule has 3 nitrogen and oxygen atoms in total. The maximum absolute atomic E-state index is 6.25. The van der Waals surface area contributed by atoms with Gasteiger partial charge in [-0.3, -0.25) is 4.90 Å². The molecule has 1 aromatic rings. The highest BCUT2D eigenvalue weighted by Crippen LogP contribution is 2.35. The summed E-state index contributed by atoms with van der Waals surface area (Å²) >= 11 is 3.49. The Balaban J connectivity index is 2.19. The third-order valence-corrected chi connectivity index (χ3v) is 4.17. The largest absolute Gasteiger partial charge is 0.383 e. The van der Waals surface area contributed by atoms with Crippen molar-refractivity contribution in [3.8, 4) is 0 Å². The van der Waals surface area contributed by atoms with Crippen molar-refractivity contribution in [3.63, 3.8) is 0 Å². The van der Waals surface area contributed by atoms with E-state index in [1.165, 1.54) is 18.4 Å². The zero-order valence-electron chi connectivity index (χ0n) is 11.7. The average molecular weight is 327 g/mol. The van der Waals surface area contributed by atoms with Crippen LogP contribution in [0.25, 0.3) is 0 Å². The molecule has 19 heavy (non-hydrogen) atoms. The van der Waals surface area contributed by atoms with E-state index in [2.05, 4.69) is 52.0 Å². The highest BCUT2D eigenvalue weighted by Gasteiger charge is 2.35. The number of ether oxygens (including phenoxy) is 1. The van der Waals surface area contributed by atoms with Crippen molar-refractivity contribution >= 4 is 15.9 Å². The van der Waals surface area contributed by atoms with Crippen molar-refractivity contribution < 1.29 is 4.74 Å². The molecule has 2 rings (SSSR count). The van der Waals surface area contributed by atoms with Gasteiger partial charge in [0.05, 0.1) is 6.61 Å². The van der Waals surface area contributed by atoms with Crippen LogP contribution < -0.4 is 5.73 Å². The van der Waals surface area contributed by atoms with Gasteiger partial charge in [0.25, 0.3) is 0 Å². The van der Waals surface area contributed by atoms with Gasteiger partial charge in [-0.15, -0.1) is 0 Å². The summed E-state index contributed by atoms with van der Waals surface area (Å²) < 4.78 is 6.35. The summed E-state index contributed by atoms with van der Waals surface area (Å²) in [4.78, 5) is 2.51. The van der Waals surface area contributed by atoms with Gasteiger partial charge in [-0.25, -0.2) is 0 Å². The smallest absolute Gasteiger partial charge is 0.0590 e. The van der Waals surface area contributed by atoms with Crippen molar-refractivity contribution in [2.75, 3.05) is 20.3 Å². The predicted octanol–water partition coefficient (Wildman–Crippen LogP) is 2.95. The molecule has 0 bridgehead atoms. The first-order chi connectivity index (χ1) is 9.13. The molecule has 2 unspecified atom stereocenters. The molecule has 106 valence electrons. The van der Waals surface area contributed by atoms with E-state index in [1.54, 1.807) is 7.11 Å². The van der Waals surface area contributed by atoms with Gasteiger partial charge in [0, 0.05) is 36.3 Å². The Morgan fingerprint density at radius 2 is 2.00 bits per heavy atom. The minimum absolute atomic E-state index is 0.110. The summed E-state index contributed by atoms with van der Waals surface area (Å²) in [7, 11) is 1.76. The van der Waals surface area contributed by atoms with E-state index in [0.29, 0.717) is 6.04 Å². The molecule has 1 aromatic carbocycles. The van der Waals surface area contributed by atoms with Crippen LogP contribution >= 0.6 is 15.9 Å². The topological polar surface area (TPSA) is 38.5 Å². The van der Waals surface area contributed by atoms with Crippen molar-refractivity contribution in [1.29, 1.82) is 0 Å². The first-order valence-corrected chi connectivity index (χ1v) is 7.68. The summed E-state index contributed by atoms with van der Waals surface area (Å²) in [6, 6.07) is 9.57. The minimum Gasteiger partial charge on any atom is -0.383 e. The minimum atomic E-state index is 0.110. The lowest BCUT2D eigenvalue weighted by Crippen LogP contribution is -2.42. The molecular formula is C15H23BrN2O. The number of nitrogens with two attached hydrogens (primary N) is 1. The Morgan fingerprint density at radius 1 is 1.37 bits per heavy atom. The SMILES string of the molecule is COCCN(C1CC1)C(c1ccc(Br)cc1)C(C)N. The maximum Gasteiger partial charge on any atom is 0.0590 e. The molecule has 0 spiro atoms. The second-order valence-electron chi connectivity index (χ2n) is 5.32. The van der Waals surface area contributed by atoms with Gasteiger partial charge < -0.3 is 10.5 Å². The summed E-state index contributed by atoms with van der Waals surface area (Å²) in [6.45, 7) is 3.80. The third-order valence-electron chi connectivity index (χ3n) is 3.64. The molecule has 1 aliphatic rings. The molecule has 0 radical (unpaired) electrons. The van der Waals surface area contributed by atoms with E-state index in [0.717, 1.165) is 17.6 Å². The zero-order chi connectivity index (χ0) is 13.8. The van der Waals surface area contributed by atoms with Gasteiger partial charge in [0.15, 0.2) is 0 Å². The van der Waals surface area contributed by atoms with Crippen LogP contribution in [0, 0.1) is 0 Å². The van der Waals surface area contributed by atoms with Crippen LogP contribution in [0.1, 0.15) is 31.4 Å². The average Bonchev–Trinajstić information content (AvgIpc) is 3.20. The summed E-state index contributed by atoms with van der Waals surface area (Å²) in [5.41, 5.74) is 7.54. The Bertz CT molecular complexity index is 390. The molecule has 1 saturated carbocycles. The highest BCUT2D eigenvalue weighted by atomic mass is 79.9. The molecule has 1 fully saturated rings. The van der Waals surface area contributed by atoms with Crippen LogP contribution in [0.2, 0.25) is 0 Å². The second kappa shape index (κ2) is 6.84. The fraction of sp³-hybridized carbons (Fsp3) is 0.600.